The number of carbonyl (C=O) groups excluding carboxylic acids is 1. The van der Waals surface area contributed by atoms with E-state index in [1.165, 1.54) is 0 Å². The molecule has 1 aromatic rings. The normalized spacial score (nSPS) is 19.2. The average molecular weight is 283 g/mol. The first kappa shape index (κ1) is 13.8. The van der Waals surface area contributed by atoms with Gasteiger partial charge in [-0.25, -0.2) is 9.78 Å². The molecule has 7 heteroatoms. The lowest BCUT2D eigenvalue weighted by Crippen LogP contribution is -2.46. The van der Waals surface area contributed by atoms with Gasteiger partial charge >= 0.3 is 12.0 Å². The highest BCUT2D eigenvalue weighted by molar-refractivity contribution is 7.11. The van der Waals surface area contributed by atoms with Crippen LogP contribution in [0.15, 0.2) is 6.20 Å². The number of carboxylic acid groups (broad SMARTS) is 1. The fraction of sp³-hybridized carbons (Fsp3) is 0.583. The Morgan fingerprint density at radius 3 is 3.05 bits per heavy atom. The topological polar surface area (TPSA) is 82.5 Å². The van der Waals surface area contributed by atoms with Crippen LogP contribution in [0, 0.1) is 12.8 Å². The molecule has 2 rings (SSSR count). The summed E-state index contributed by atoms with van der Waals surface area (Å²) in [5.74, 6) is -1.27. The predicted octanol–water partition coefficient (Wildman–Crippen LogP) is 1.46. The third-order valence-electron chi connectivity index (χ3n) is 3.12. The molecule has 2 N–H and O–H groups in total. The van der Waals surface area contributed by atoms with Crippen LogP contribution in [0.1, 0.15) is 22.7 Å². The molecule has 1 saturated heterocycles. The molecule has 2 heterocycles. The number of nitrogens with zero attached hydrogens (tertiary/aromatic N) is 2. The predicted molar refractivity (Wildman–Crippen MR) is 71.0 cm³/mol. The number of aromatic nitrogens is 1. The monoisotopic (exact) mass is 283 g/mol. The van der Waals surface area contributed by atoms with Crippen LogP contribution < -0.4 is 5.32 Å². The van der Waals surface area contributed by atoms with Crippen LogP contribution in [-0.4, -0.2) is 40.1 Å². The maximum Gasteiger partial charge on any atom is 0.317 e. The van der Waals surface area contributed by atoms with Gasteiger partial charge in [0.05, 0.1) is 12.5 Å². The van der Waals surface area contributed by atoms with E-state index in [2.05, 4.69) is 10.3 Å². The van der Waals surface area contributed by atoms with Crippen molar-refractivity contribution in [1.29, 1.82) is 0 Å². The largest absolute Gasteiger partial charge is 0.481 e. The molecule has 0 bridgehead atoms. The number of likely N-dealkylation sites (tertiary alicyclic amines) is 1. The Labute approximate surface area is 115 Å². The number of urea groups is 1. The van der Waals surface area contributed by atoms with E-state index in [1.807, 2.05) is 6.92 Å². The van der Waals surface area contributed by atoms with Gasteiger partial charge in [-0.1, -0.05) is 0 Å². The number of aliphatic carboxylic acids is 1. The van der Waals surface area contributed by atoms with Crippen molar-refractivity contribution in [1.82, 2.24) is 15.2 Å². The lowest BCUT2D eigenvalue weighted by atomic mass is 9.99. The zero-order valence-electron chi connectivity index (χ0n) is 10.8. The molecule has 0 spiro atoms. The van der Waals surface area contributed by atoms with Crippen LogP contribution >= 0.6 is 11.3 Å². The molecule has 0 unspecified atom stereocenters. The SMILES string of the molecule is Cc1cnc(CNC(=O)N2CCC[C@H](C(=O)O)C2)s1. The van der Waals surface area contributed by atoms with Crippen molar-refractivity contribution in [2.45, 2.75) is 26.3 Å². The number of rotatable bonds is 3. The smallest absolute Gasteiger partial charge is 0.317 e. The second kappa shape index (κ2) is 6.01. The molecular weight excluding hydrogens is 266 g/mol. The molecule has 1 atom stereocenters. The van der Waals surface area contributed by atoms with Gasteiger partial charge in [-0.2, -0.15) is 0 Å². The van der Waals surface area contributed by atoms with E-state index < -0.39 is 11.9 Å². The Bertz CT molecular complexity index is 475. The summed E-state index contributed by atoms with van der Waals surface area (Å²) in [7, 11) is 0. The number of carboxylic acids is 1. The fourth-order valence-corrected chi connectivity index (χ4v) is 2.84. The maximum absolute atomic E-state index is 11.9. The Hall–Kier alpha value is -1.63. The molecule has 6 nitrogen and oxygen atoms in total. The van der Waals surface area contributed by atoms with E-state index in [-0.39, 0.29) is 12.6 Å². The Kier molecular flexibility index (Phi) is 4.36. The third kappa shape index (κ3) is 3.66. The molecule has 0 aromatic carbocycles. The van der Waals surface area contributed by atoms with Crippen LogP contribution in [0.5, 0.6) is 0 Å². The van der Waals surface area contributed by atoms with Crippen LogP contribution in [0.3, 0.4) is 0 Å². The van der Waals surface area contributed by atoms with E-state index in [4.69, 9.17) is 5.11 Å². The number of carbonyl (C=O) groups is 2. The third-order valence-corrected chi connectivity index (χ3v) is 4.03. The van der Waals surface area contributed by atoms with E-state index in [1.54, 1.807) is 22.4 Å². The van der Waals surface area contributed by atoms with Crippen molar-refractivity contribution in [3.63, 3.8) is 0 Å². The van der Waals surface area contributed by atoms with Gasteiger partial charge in [0, 0.05) is 24.2 Å². The van der Waals surface area contributed by atoms with Crippen LogP contribution in [0.4, 0.5) is 4.79 Å². The summed E-state index contributed by atoms with van der Waals surface area (Å²) in [6, 6.07) is -0.209. The molecule has 0 saturated carbocycles. The highest BCUT2D eigenvalue weighted by atomic mass is 32.1. The number of hydrogen-bond acceptors (Lipinski definition) is 4. The molecule has 104 valence electrons. The molecule has 1 aliphatic rings. The number of nitrogens with one attached hydrogen (secondary N) is 1. The van der Waals surface area contributed by atoms with E-state index >= 15 is 0 Å². The summed E-state index contributed by atoms with van der Waals surface area (Å²) in [5, 5.41) is 12.6. The molecule has 19 heavy (non-hydrogen) atoms. The van der Waals surface area contributed by atoms with Crippen molar-refractivity contribution < 1.29 is 14.7 Å². The van der Waals surface area contributed by atoms with Gasteiger partial charge in [0.2, 0.25) is 0 Å². The van der Waals surface area contributed by atoms with Gasteiger partial charge in [0.1, 0.15) is 5.01 Å². The minimum atomic E-state index is -0.826. The summed E-state index contributed by atoms with van der Waals surface area (Å²) >= 11 is 1.54. The average Bonchev–Trinajstić information content (AvgIpc) is 2.82. The van der Waals surface area contributed by atoms with Crippen molar-refractivity contribution in [2.24, 2.45) is 5.92 Å². The Morgan fingerprint density at radius 1 is 1.63 bits per heavy atom. The Balaban J connectivity index is 1.84. The van der Waals surface area contributed by atoms with Crippen LogP contribution in [-0.2, 0) is 11.3 Å². The quantitative estimate of drug-likeness (QED) is 0.879. The fourth-order valence-electron chi connectivity index (χ4n) is 2.11. The minimum absolute atomic E-state index is 0.209. The van der Waals surface area contributed by atoms with Crippen LogP contribution in [0.25, 0.3) is 0 Å². The zero-order chi connectivity index (χ0) is 13.8. The zero-order valence-corrected chi connectivity index (χ0v) is 11.6. The van der Waals surface area contributed by atoms with Gasteiger partial charge in [0.15, 0.2) is 0 Å². The maximum atomic E-state index is 11.9. The number of piperidine rings is 1. The van der Waals surface area contributed by atoms with E-state index in [0.717, 1.165) is 16.3 Å². The first-order valence-electron chi connectivity index (χ1n) is 6.23. The summed E-state index contributed by atoms with van der Waals surface area (Å²) in [6.07, 6.45) is 3.15. The molecule has 0 aliphatic carbocycles. The number of aryl methyl sites for hydroxylation is 1. The van der Waals surface area contributed by atoms with Gasteiger partial charge in [0.25, 0.3) is 0 Å². The lowest BCUT2D eigenvalue weighted by Gasteiger charge is -2.30. The molecule has 1 fully saturated rings. The number of amides is 2. The highest BCUT2D eigenvalue weighted by Gasteiger charge is 2.27. The lowest BCUT2D eigenvalue weighted by molar-refractivity contribution is -0.143. The van der Waals surface area contributed by atoms with E-state index in [0.29, 0.717) is 19.5 Å². The molecule has 0 radical (unpaired) electrons. The summed E-state index contributed by atoms with van der Waals surface area (Å²) < 4.78 is 0. The number of hydrogen-bond donors (Lipinski definition) is 2. The first-order valence-corrected chi connectivity index (χ1v) is 7.05. The number of thiazole rings is 1. The van der Waals surface area contributed by atoms with E-state index in [9.17, 15) is 9.59 Å². The first-order chi connectivity index (χ1) is 9.06. The van der Waals surface area contributed by atoms with Crippen molar-refractivity contribution >= 4 is 23.3 Å². The van der Waals surface area contributed by atoms with Crippen molar-refractivity contribution in [2.75, 3.05) is 13.1 Å². The molecular formula is C12H17N3O3S. The summed E-state index contributed by atoms with van der Waals surface area (Å²) in [4.78, 5) is 29.7. The van der Waals surface area contributed by atoms with Crippen molar-refractivity contribution in [3.05, 3.63) is 16.1 Å². The van der Waals surface area contributed by atoms with Gasteiger partial charge in [-0.3, -0.25) is 4.79 Å². The van der Waals surface area contributed by atoms with Gasteiger partial charge in [-0.15, -0.1) is 11.3 Å². The molecule has 1 aromatic heterocycles. The highest BCUT2D eigenvalue weighted by Crippen LogP contribution is 2.17. The second-order valence-electron chi connectivity index (χ2n) is 4.65. The Morgan fingerprint density at radius 2 is 2.42 bits per heavy atom. The summed E-state index contributed by atoms with van der Waals surface area (Å²) in [6.45, 7) is 3.27. The second-order valence-corrected chi connectivity index (χ2v) is 5.97. The standard InChI is InChI=1S/C12H17N3O3S/c1-8-5-13-10(19-8)6-14-12(18)15-4-2-3-9(7-15)11(16)17/h5,9H,2-4,6-7H2,1H3,(H,14,18)(H,16,17)/t9-/m0/s1. The van der Waals surface area contributed by atoms with Crippen molar-refractivity contribution in [3.8, 4) is 0 Å². The van der Waals surface area contributed by atoms with Gasteiger partial charge < -0.3 is 15.3 Å². The molecule has 2 amide bonds. The van der Waals surface area contributed by atoms with Gasteiger partial charge in [-0.05, 0) is 19.8 Å². The molecule has 1 aliphatic heterocycles. The van der Waals surface area contributed by atoms with Crippen LogP contribution in [0.2, 0.25) is 0 Å². The minimum Gasteiger partial charge on any atom is -0.481 e. The summed E-state index contributed by atoms with van der Waals surface area (Å²) in [5.41, 5.74) is 0.